The molecule has 1 fully saturated rings. The standard InChI is InChI=1S/C29H42O9S/c1-11-12-34-29-27(37-21(10)31)26(36-20(9)30)19(8)25(38-29)15-35-39(32,33)28-23(17(4)5)13-22(16(2)3)14-24(28)18(6)7/h1,13-14,16-19,25-27,29H,12,15H2,2-10H3/t19?,25-,26+,27+,29-/m1/s1. The summed E-state index contributed by atoms with van der Waals surface area (Å²) in [6, 6.07) is 3.86. The van der Waals surface area contributed by atoms with E-state index >= 15 is 0 Å². The number of terminal acetylenes is 1. The molecule has 218 valence electrons. The van der Waals surface area contributed by atoms with E-state index in [4.69, 9.17) is 29.6 Å². The van der Waals surface area contributed by atoms with E-state index in [2.05, 4.69) is 19.8 Å². The lowest BCUT2D eigenvalue weighted by molar-refractivity contribution is -0.289. The van der Waals surface area contributed by atoms with Gasteiger partial charge < -0.3 is 18.9 Å². The molecule has 0 N–H and O–H groups in total. The molecule has 1 aliphatic rings. The van der Waals surface area contributed by atoms with Crippen LogP contribution in [0, 0.1) is 18.3 Å². The van der Waals surface area contributed by atoms with Crippen molar-refractivity contribution in [3.8, 4) is 12.3 Å². The van der Waals surface area contributed by atoms with Crippen LogP contribution in [0.1, 0.15) is 96.8 Å². The third-order valence-corrected chi connectivity index (χ3v) is 8.08. The van der Waals surface area contributed by atoms with Crippen LogP contribution in [0.4, 0.5) is 0 Å². The second-order valence-corrected chi connectivity index (χ2v) is 12.3. The number of rotatable bonds is 11. The van der Waals surface area contributed by atoms with Gasteiger partial charge in [0.15, 0.2) is 12.4 Å². The summed E-state index contributed by atoms with van der Waals surface area (Å²) in [4.78, 5) is 23.8. The fourth-order valence-corrected chi connectivity index (χ4v) is 6.17. The Labute approximate surface area is 233 Å². The number of hydrogen-bond acceptors (Lipinski definition) is 9. The molecular weight excluding hydrogens is 524 g/mol. The van der Waals surface area contributed by atoms with Gasteiger partial charge in [-0.15, -0.1) is 6.42 Å². The Balaban J connectivity index is 2.47. The minimum absolute atomic E-state index is 0.0705. The van der Waals surface area contributed by atoms with Crippen molar-refractivity contribution in [2.75, 3.05) is 13.2 Å². The van der Waals surface area contributed by atoms with Gasteiger partial charge in [-0.2, -0.15) is 8.42 Å². The van der Waals surface area contributed by atoms with Crippen molar-refractivity contribution in [2.24, 2.45) is 5.92 Å². The van der Waals surface area contributed by atoms with Crippen LogP contribution in [-0.2, 0) is 42.8 Å². The molecule has 0 spiro atoms. The summed E-state index contributed by atoms with van der Waals surface area (Å²) in [5.74, 6) is 0.540. The third-order valence-electron chi connectivity index (χ3n) is 6.66. The van der Waals surface area contributed by atoms with E-state index in [9.17, 15) is 18.0 Å². The molecule has 0 amide bonds. The van der Waals surface area contributed by atoms with E-state index in [-0.39, 0.29) is 35.9 Å². The van der Waals surface area contributed by atoms with Crippen molar-refractivity contribution >= 4 is 22.1 Å². The van der Waals surface area contributed by atoms with Crippen LogP contribution >= 0.6 is 0 Å². The lowest BCUT2D eigenvalue weighted by Gasteiger charge is -2.43. The average Bonchev–Trinajstić information content (AvgIpc) is 2.83. The molecule has 39 heavy (non-hydrogen) atoms. The minimum atomic E-state index is -4.23. The van der Waals surface area contributed by atoms with E-state index in [1.54, 1.807) is 6.92 Å². The van der Waals surface area contributed by atoms with Gasteiger partial charge in [-0.05, 0) is 34.4 Å². The molecule has 10 heteroatoms. The monoisotopic (exact) mass is 566 g/mol. The molecule has 9 nitrogen and oxygen atoms in total. The lowest BCUT2D eigenvalue weighted by Crippen LogP contribution is -2.58. The number of carbonyl (C=O) groups is 2. The average molecular weight is 567 g/mol. The van der Waals surface area contributed by atoms with E-state index in [1.807, 2.05) is 39.8 Å². The molecule has 1 unspecified atom stereocenters. The predicted molar refractivity (Wildman–Crippen MR) is 146 cm³/mol. The van der Waals surface area contributed by atoms with Gasteiger partial charge in [0, 0.05) is 19.8 Å². The lowest BCUT2D eigenvalue weighted by atomic mass is 9.89. The zero-order valence-corrected chi connectivity index (χ0v) is 25.2. The molecule has 1 aromatic carbocycles. The van der Waals surface area contributed by atoms with Crippen LogP contribution in [0.2, 0.25) is 0 Å². The minimum Gasteiger partial charge on any atom is -0.458 e. The molecule has 0 saturated carbocycles. The highest BCUT2D eigenvalue weighted by molar-refractivity contribution is 7.86. The fraction of sp³-hybridized carbons (Fsp3) is 0.655. The predicted octanol–water partition coefficient (Wildman–Crippen LogP) is 4.64. The summed E-state index contributed by atoms with van der Waals surface area (Å²) < 4.78 is 55.5. The first-order chi connectivity index (χ1) is 18.1. The quantitative estimate of drug-likeness (QED) is 0.215. The highest BCUT2D eigenvalue weighted by Crippen LogP contribution is 2.37. The highest BCUT2D eigenvalue weighted by atomic mass is 32.2. The number of hydrogen-bond donors (Lipinski definition) is 0. The van der Waals surface area contributed by atoms with E-state index < -0.39 is 52.6 Å². The molecule has 0 bridgehead atoms. The molecule has 0 radical (unpaired) electrons. The van der Waals surface area contributed by atoms with Crippen LogP contribution < -0.4 is 0 Å². The first kappa shape index (κ1) is 32.8. The van der Waals surface area contributed by atoms with Gasteiger partial charge in [-0.3, -0.25) is 13.8 Å². The van der Waals surface area contributed by atoms with Gasteiger partial charge in [0.25, 0.3) is 10.1 Å². The number of carbonyl (C=O) groups excluding carboxylic acids is 2. The van der Waals surface area contributed by atoms with Crippen molar-refractivity contribution in [1.82, 2.24) is 0 Å². The molecule has 2 rings (SSSR count). The molecule has 1 aromatic rings. The Morgan fingerprint density at radius 3 is 1.90 bits per heavy atom. The molecule has 1 heterocycles. The SMILES string of the molecule is C#CCO[C@@H]1O[C@H](COS(=O)(=O)c2c(C(C)C)cc(C(C)C)cc2C(C)C)C(C)[C@H](OC(C)=O)[C@@H]1OC(C)=O. The molecule has 1 saturated heterocycles. The topological polar surface area (TPSA) is 114 Å². The van der Waals surface area contributed by atoms with Crippen molar-refractivity contribution in [1.29, 1.82) is 0 Å². The van der Waals surface area contributed by atoms with Crippen molar-refractivity contribution in [3.63, 3.8) is 0 Å². The van der Waals surface area contributed by atoms with Crippen LogP contribution in [0.25, 0.3) is 0 Å². The molecule has 5 atom stereocenters. The molecule has 0 aromatic heterocycles. The molecule has 1 aliphatic heterocycles. The zero-order chi connectivity index (χ0) is 29.7. The summed E-state index contributed by atoms with van der Waals surface area (Å²) in [6.07, 6.45) is 1.14. The van der Waals surface area contributed by atoms with E-state index in [1.165, 1.54) is 13.8 Å². The van der Waals surface area contributed by atoms with Crippen LogP contribution in [0.5, 0.6) is 0 Å². The first-order valence-electron chi connectivity index (χ1n) is 13.2. The summed E-state index contributed by atoms with van der Waals surface area (Å²) in [5, 5.41) is 0. The van der Waals surface area contributed by atoms with Crippen LogP contribution in [0.3, 0.4) is 0 Å². The summed E-state index contributed by atoms with van der Waals surface area (Å²) in [6.45, 7) is 15.5. The Morgan fingerprint density at radius 2 is 1.46 bits per heavy atom. The first-order valence-corrected chi connectivity index (χ1v) is 14.6. The van der Waals surface area contributed by atoms with Gasteiger partial charge in [-0.25, -0.2) is 0 Å². The second-order valence-electron chi connectivity index (χ2n) is 10.8. The van der Waals surface area contributed by atoms with Gasteiger partial charge in [0.05, 0.1) is 12.7 Å². The normalized spacial score (nSPS) is 23.6. The van der Waals surface area contributed by atoms with Crippen molar-refractivity contribution in [3.05, 3.63) is 28.8 Å². The van der Waals surface area contributed by atoms with E-state index in [0.29, 0.717) is 11.1 Å². The molecular formula is C29H42O9S. The van der Waals surface area contributed by atoms with Gasteiger partial charge in [0.2, 0.25) is 0 Å². The Morgan fingerprint density at radius 1 is 0.949 bits per heavy atom. The van der Waals surface area contributed by atoms with Crippen LogP contribution in [0.15, 0.2) is 17.0 Å². The van der Waals surface area contributed by atoms with Crippen molar-refractivity contribution in [2.45, 2.75) is 110 Å². The Hall–Kier alpha value is -2.45. The maximum Gasteiger partial charge on any atom is 0.303 e. The number of benzene rings is 1. The smallest absolute Gasteiger partial charge is 0.303 e. The van der Waals surface area contributed by atoms with Gasteiger partial charge in [0.1, 0.15) is 17.6 Å². The summed E-state index contributed by atoms with van der Waals surface area (Å²) >= 11 is 0. The maximum absolute atomic E-state index is 13.7. The van der Waals surface area contributed by atoms with Gasteiger partial charge >= 0.3 is 11.9 Å². The maximum atomic E-state index is 13.7. The number of esters is 2. The fourth-order valence-electron chi connectivity index (χ4n) is 4.57. The van der Waals surface area contributed by atoms with Crippen molar-refractivity contribution < 1.29 is 41.1 Å². The Bertz CT molecular complexity index is 1130. The summed E-state index contributed by atoms with van der Waals surface area (Å²) in [5.41, 5.74) is 2.43. The van der Waals surface area contributed by atoms with Crippen LogP contribution in [-0.4, -0.2) is 58.2 Å². The number of ether oxygens (including phenoxy) is 4. The summed E-state index contributed by atoms with van der Waals surface area (Å²) in [7, 11) is -4.23. The van der Waals surface area contributed by atoms with E-state index in [0.717, 1.165) is 5.56 Å². The Kier molecular flexibility index (Phi) is 11.6. The zero-order valence-electron chi connectivity index (χ0n) is 24.3. The molecule has 0 aliphatic carbocycles. The van der Waals surface area contributed by atoms with Gasteiger partial charge in [-0.1, -0.05) is 66.5 Å². The highest BCUT2D eigenvalue weighted by Gasteiger charge is 2.49. The third kappa shape index (κ3) is 8.27. The largest absolute Gasteiger partial charge is 0.458 e. The second kappa shape index (κ2) is 13.8.